The number of pyridine rings is 1. The molecule has 2 rings (SSSR count). The molecule has 2 aromatic rings. The molecular weight excluding hydrogens is 300 g/mol. The van der Waals surface area contributed by atoms with Crippen LogP contribution in [0.2, 0.25) is 0 Å². The van der Waals surface area contributed by atoms with E-state index in [1.54, 1.807) is 0 Å². The van der Waals surface area contributed by atoms with Crippen molar-refractivity contribution in [2.45, 2.75) is 32.4 Å². The molecule has 0 saturated carbocycles. The second kappa shape index (κ2) is 6.83. The summed E-state index contributed by atoms with van der Waals surface area (Å²) in [7, 11) is 0. The van der Waals surface area contributed by atoms with Gasteiger partial charge >= 0.3 is 0 Å². The quantitative estimate of drug-likeness (QED) is 0.896. The summed E-state index contributed by atoms with van der Waals surface area (Å²) in [5, 5.41) is 3.61. The van der Waals surface area contributed by atoms with E-state index in [4.69, 9.17) is 0 Å². The standard InChI is InChI=1S/C16H19BrN2/c1-12(10-14-5-7-16(17)8-6-14)19-13(2)15-4-3-9-18-11-15/h3-9,11-13,19H,10H2,1-2H3/t12?,13-/m1/s1. The second-order valence-corrected chi connectivity index (χ2v) is 5.82. The van der Waals surface area contributed by atoms with Gasteiger partial charge in [0.25, 0.3) is 0 Å². The highest BCUT2D eigenvalue weighted by Gasteiger charge is 2.09. The number of aromatic nitrogens is 1. The number of hydrogen-bond donors (Lipinski definition) is 1. The van der Waals surface area contributed by atoms with Gasteiger partial charge in [-0.1, -0.05) is 34.1 Å². The first kappa shape index (κ1) is 14.2. The molecule has 3 heteroatoms. The fourth-order valence-electron chi connectivity index (χ4n) is 2.19. The Labute approximate surface area is 123 Å². The lowest BCUT2D eigenvalue weighted by atomic mass is 10.0. The zero-order chi connectivity index (χ0) is 13.7. The maximum atomic E-state index is 4.16. The first-order valence-electron chi connectivity index (χ1n) is 6.55. The predicted molar refractivity (Wildman–Crippen MR) is 83.1 cm³/mol. The minimum atomic E-state index is 0.319. The van der Waals surface area contributed by atoms with Crippen LogP contribution >= 0.6 is 15.9 Å². The van der Waals surface area contributed by atoms with Crippen molar-refractivity contribution in [3.05, 3.63) is 64.4 Å². The molecule has 0 fully saturated rings. The average molecular weight is 319 g/mol. The number of nitrogens with one attached hydrogen (secondary N) is 1. The summed E-state index contributed by atoms with van der Waals surface area (Å²) in [4.78, 5) is 4.16. The second-order valence-electron chi connectivity index (χ2n) is 4.91. The molecule has 1 heterocycles. The lowest BCUT2D eigenvalue weighted by Crippen LogP contribution is -2.30. The largest absolute Gasteiger partial charge is 0.307 e. The van der Waals surface area contributed by atoms with Crippen LogP contribution in [0, 0.1) is 0 Å². The molecule has 100 valence electrons. The van der Waals surface area contributed by atoms with Crippen molar-refractivity contribution in [3.63, 3.8) is 0 Å². The lowest BCUT2D eigenvalue weighted by molar-refractivity contribution is 0.476. The summed E-state index contributed by atoms with van der Waals surface area (Å²) < 4.78 is 1.13. The van der Waals surface area contributed by atoms with Crippen LogP contribution in [-0.4, -0.2) is 11.0 Å². The molecule has 19 heavy (non-hydrogen) atoms. The van der Waals surface area contributed by atoms with Gasteiger partial charge in [-0.25, -0.2) is 0 Å². The van der Waals surface area contributed by atoms with Gasteiger partial charge in [-0.2, -0.15) is 0 Å². The summed E-state index contributed by atoms with van der Waals surface area (Å²) >= 11 is 3.46. The summed E-state index contributed by atoms with van der Waals surface area (Å²) in [6.45, 7) is 4.39. The third-order valence-electron chi connectivity index (χ3n) is 3.17. The van der Waals surface area contributed by atoms with Crippen LogP contribution in [0.3, 0.4) is 0 Å². The van der Waals surface area contributed by atoms with E-state index < -0.39 is 0 Å². The van der Waals surface area contributed by atoms with Gasteiger partial charge in [-0.15, -0.1) is 0 Å². The molecule has 0 radical (unpaired) electrons. The van der Waals surface area contributed by atoms with Crippen LogP contribution < -0.4 is 5.32 Å². The van der Waals surface area contributed by atoms with Crippen LogP contribution in [0.25, 0.3) is 0 Å². The van der Waals surface area contributed by atoms with E-state index in [0.29, 0.717) is 12.1 Å². The Morgan fingerprint density at radius 2 is 1.89 bits per heavy atom. The molecule has 0 spiro atoms. The number of rotatable bonds is 5. The van der Waals surface area contributed by atoms with Gasteiger partial charge in [0.15, 0.2) is 0 Å². The molecule has 0 aliphatic carbocycles. The first-order valence-corrected chi connectivity index (χ1v) is 7.35. The molecule has 1 aromatic heterocycles. The third kappa shape index (κ3) is 4.44. The van der Waals surface area contributed by atoms with E-state index in [9.17, 15) is 0 Å². The molecule has 0 aliphatic rings. The van der Waals surface area contributed by atoms with Gasteiger partial charge in [0.1, 0.15) is 0 Å². The van der Waals surface area contributed by atoms with E-state index in [-0.39, 0.29) is 0 Å². The topological polar surface area (TPSA) is 24.9 Å². The molecule has 0 saturated heterocycles. The minimum absolute atomic E-state index is 0.319. The maximum Gasteiger partial charge on any atom is 0.0315 e. The van der Waals surface area contributed by atoms with Gasteiger partial charge in [0.05, 0.1) is 0 Å². The highest BCUT2D eigenvalue weighted by atomic mass is 79.9. The van der Waals surface area contributed by atoms with E-state index in [2.05, 4.69) is 70.4 Å². The molecule has 0 bridgehead atoms. The van der Waals surface area contributed by atoms with Crippen molar-refractivity contribution >= 4 is 15.9 Å². The molecule has 1 unspecified atom stereocenters. The average Bonchev–Trinajstić information content (AvgIpc) is 2.42. The molecular formula is C16H19BrN2. The summed E-state index contributed by atoms with van der Waals surface area (Å²) in [5.41, 5.74) is 2.58. The number of benzene rings is 1. The molecule has 2 nitrogen and oxygen atoms in total. The monoisotopic (exact) mass is 318 g/mol. The Kier molecular flexibility index (Phi) is 5.11. The van der Waals surface area contributed by atoms with E-state index in [1.165, 1.54) is 11.1 Å². The van der Waals surface area contributed by atoms with Crippen molar-refractivity contribution in [1.82, 2.24) is 10.3 Å². The van der Waals surface area contributed by atoms with Crippen molar-refractivity contribution in [1.29, 1.82) is 0 Å². The Morgan fingerprint density at radius 1 is 1.16 bits per heavy atom. The van der Waals surface area contributed by atoms with E-state index in [0.717, 1.165) is 10.9 Å². The maximum absolute atomic E-state index is 4.16. The van der Waals surface area contributed by atoms with Gasteiger partial charge in [0.2, 0.25) is 0 Å². The fourth-order valence-corrected chi connectivity index (χ4v) is 2.45. The zero-order valence-electron chi connectivity index (χ0n) is 11.3. The van der Waals surface area contributed by atoms with Crippen LogP contribution in [0.15, 0.2) is 53.3 Å². The van der Waals surface area contributed by atoms with Crippen molar-refractivity contribution in [2.24, 2.45) is 0 Å². The van der Waals surface area contributed by atoms with Crippen molar-refractivity contribution in [2.75, 3.05) is 0 Å². The van der Waals surface area contributed by atoms with Gasteiger partial charge in [-0.05, 0) is 49.6 Å². The van der Waals surface area contributed by atoms with Crippen LogP contribution in [-0.2, 0) is 6.42 Å². The molecule has 0 aliphatic heterocycles. The van der Waals surface area contributed by atoms with Gasteiger partial charge in [-0.3, -0.25) is 4.98 Å². The minimum Gasteiger partial charge on any atom is -0.307 e. The Morgan fingerprint density at radius 3 is 2.53 bits per heavy atom. The Hall–Kier alpha value is -1.19. The molecule has 2 atom stereocenters. The Bertz CT molecular complexity index is 496. The zero-order valence-corrected chi connectivity index (χ0v) is 12.9. The highest BCUT2D eigenvalue weighted by molar-refractivity contribution is 9.10. The summed E-state index contributed by atoms with van der Waals surface area (Å²) in [6.07, 6.45) is 4.75. The van der Waals surface area contributed by atoms with Crippen molar-refractivity contribution < 1.29 is 0 Å². The molecule has 1 N–H and O–H groups in total. The normalized spacial score (nSPS) is 14.1. The smallest absolute Gasteiger partial charge is 0.0315 e. The lowest BCUT2D eigenvalue weighted by Gasteiger charge is -2.20. The van der Waals surface area contributed by atoms with E-state index >= 15 is 0 Å². The third-order valence-corrected chi connectivity index (χ3v) is 3.70. The van der Waals surface area contributed by atoms with E-state index in [1.807, 2.05) is 18.5 Å². The fraction of sp³-hybridized carbons (Fsp3) is 0.312. The first-order chi connectivity index (χ1) is 9.15. The van der Waals surface area contributed by atoms with Gasteiger partial charge < -0.3 is 5.32 Å². The molecule has 0 amide bonds. The van der Waals surface area contributed by atoms with Gasteiger partial charge in [0, 0.05) is 29.0 Å². The summed E-state index contributed by atoms with van der Waals surface area (Å²) in [6, 6.07) is 13.3. The van der Waals surface area contributed by atoms with Crippen LogP contribution in [0.1, 0.15) is 31.0 Å². The SMILES string of the molecule is CC(Cc1ccc(Br)cc1)N[C@H](C)c1cccnc1. The van der Waals surface area contributed by atoms with Crippen molar-refractivity contribution in [3.8, 4) is 0 Å². The number of halogens is 1. The molecule has 1 aromatic carbocycles. The summed E-state index contributed by atoms with van der Waals surface area (Å²) in [5.74, 6) is 0. The predicted octanol–water partition coefficient (Wildman–Crippen LogP) is 4.13. The Balaban J connectivity index is 1.90. The number of hydrogen-bond acceptors (Lipinski definition) is 2. The van der Waals surface area contributed by atoms with Crippen LogP contribution in [0.4, 0.5) is 0 Å². The highest BCUT2D eigenvalue weighted by Crippen LogP contribution is 2.14. The van der Waals surface area contributed by atoms with Crippen LogP contribution in [0.5, 0.6) is 0 Å². The number of nitrogens with zero attached hydrogens (tertiary/aromatic N) is 1.